The van der Waals surface area contributed by atoms with Crippen LogP contribution in [0, 0.1) is 11.3 Å². The zero-order valence-electron chi connectivity index (χ0n) is 21.8. The molecule has 0 atom stereocenters. The molecule has 6 aromatic carbocycles. The Hall–Kier alpha value is -5.37. The highest BCUT2D eigenvalue weighted by atomic mass is 32.1. The normalized spacial score (nSPS) is 11.9. The summed E-state index contributed by atoms with van der Waals surface area (Å²) in [6.07, 6.45) is 0. The number of furan rings is 1. The largest absolute Gasteiger partial charge is 0.456 e. The van der Waals surface area contributed by atoms with E-state index in [1.807, 2.05) is 41.7 Å². The molecule has 9 aromatic rings. The molecule has 9 rings (SSSR count). The number of fused-ring (bicyclic) bond motifs is 10. The summed E-state index contributed by atoms with van der Waals surface area (Å²) < 4.78 is 11.0. The first-order valence-corrected chi connectivity index (χ1v) is 14.4. The van der Waals surface area contributed by atoms with Crippen molar-refractivity contribution in [2.75, 3.05) is 0 Å². The minimum Gasteiger partial charge on any atom is -0.456 e. The van der Waals surface area contributed by atoms with Crippen molar-refractivity contribution >= 4 is 75.3 Å². The minimum atomic E-state index is 0.632. The van der Waals surface area contributed by atoms with Gasteiger partial charge in [-0.25, -0.2) is 0 Å². The topological polar surface area (TPSA) is 41.9 Å². The molecule has 0 unspecified atom stereocenters. The average molecular weight is 541 g/mol. The Balaban J connectivity index is 1.43. The number of hydrogen-bond acceptors (Lipinski definition) is 3. The monoisotopic (exact) mass is 540 g/mol. The van der Waals surface area contributed by atoms with Gasteiger partial charge in [0.05, 0.1) is 33.1 Å². The highest BCUT2D eigenvalue weighted by Gasteiger charge is 2.20. The predicted molar refractivity (Wildman–Crippen MR) is 171 cm³/mol. The van der Waals surface area contributed by atoms with E-state index in [2.05, 4.69) is 102 Å². The number of hydrogen-bond donors (Lipinski definition) is 0. The number of thiophene rings is 1. The number of nitrogens with zero attached hydrogens (tertiary/aromatic N) is 2. The molecule has 0 N–H and O–H groups in total. The molecule has 0 saturated heterocycles. The molecule has 4 heteroatoms. The number of benzene rings is 6. The maximum Gasteiger partial charge on any atom is 0.135 e. The first kappa shape index (κ1) is 22.4. The van der Waals surface area contributed by atoms with E-state index in [9.17, 15) is 5.26 Å². The molecular formula is C37H20N2OS. The SMILES string of the molecule is N#Cc1ccc(-c2ccc3oc4ccccc4c3c2)c(-n2c3ccccc3c3ccc4c5ccccc5sc4c32)c1. The molecule has 0 aliphatic rings. The smallest absolute Gasteiger partial charge is 0.135 e. The van der Waals surface area contributed by atoms with Crippen LogP contribution >= 0.6 is 11.3 Å². The van der Waals surface area contributed by atoms with Crippen LogP contribution in [0.2, 0.25) is 0 Å². The van der Waals surface area contributed by atoms with Crippen LogP contribution in [0.4, 0.5) is 0 Å². The van der Waals surface area contributed by atoms with Crippen LogP contribution in [0.25, 0.3) is 80.7 Å². The fraction of sp³-hybridized carbons (Fsp3) is 0. The third-order valence-electron chi connectivity index (χ3n) is 8.23. The van der Waals surface area contributed by atoms with E-state index in [1.165, 1.54) is 36.5 Å². The van der Waals surface area contributed by atoms with Crippen molar-refractivity contribution in [3.05, 3.63) is 127 Å². The second-order valence-electron chi connectivity index (χ2n) is 10.4. The summed E-state index contributed by atoms with van der Waals surface area (Å²) in [7, 11) is 0. The molecule has 190 valence electrons. The molecule has 0 saturated carbocycles. The van der Waals surface area contributed by atoms with Crippen LogP contribution in [0.3, 0.4) is 0 Å². The Labute approximate surface area is 238 Å². The van der Waals surface area contributed by atoms with Gasteiger partial charge in [0, 0.05) is 42.6 Å². The molecule has 0 aliphatic carbocycles. The lowest BCUT2D eigenvalue weighted by Gasteiger charge is -2.15. The summed E-state index contributed by atoms with van der Waals surface area (Å²) >= 11 is 1.83. The zero-order chi connectivity index (χ0) is 27.1. The average Bonchev–Trinajstić information content (AvgIpc) is 3.70. The van der Waals surface area contributed by atoms with Crippen molar-refractivity contribution < 1.29 is 4.42 Å². The number of para-hydroxylation sites is 2. The van der Waals surface area contributed by atoms with Crippen LogP contribution in [0.1, 0.15) is 5.56 Å². The Morgan fingerprint density at radius 2 is 1.37 bits per heavy atom. The van der Waals surface area contributed by atoms with E-state index in [4.69, 9.17) is 4.42 Å². The number of rotatable bonds is 2. The Morgan fingerprint density at radius 3 is 2.27 bits per heavy atom. The van der Waals surface area contributed by atoms with Gasteiger partial charge in [-0.1, -0.05) is 78.9 Å². The number of nitriles is 1. The lowest BCUT2D eigenvalue weighted by atomic mass is 9.99. The summed E-state index contributed by atoms with van der Waals surface area (Å²) in [5.74, 6) is 0. The molecule has 0 aliphatic heterocycles. The predicted octanol–water partition coefficient (Wildman–Crippen LogP) is 10.6. The molecule has 0 spiro atoms. The maximum atomic E-state index is 9.98. The van der Waals surface area contributed by atoms with Gasteiger partial charge in [-0.15, -0.1) is 11.3 Å². The third-order valence-corrected chi connectivity index (χ3v) is 9.43. The van der Waals surface area contributed by atoms with Gasteiger partial charge in [0.2, 0.25) is 0 Å². The summed E-state index contributed by atoms with van der Waals surface area (Å²) in [6.45, 7) is 0. The number of aromatic nitrogens is 1. The van der Waals surface area contributed by atoms with Gasteiger partial charge < -0.3 is 8.98 Å². The Morgan fingerprint density at radius 1 is 0.610 bits per heavy atom. The van der Waals surface area contributed by atoms with E-state index in [1.54, 1.807) is 0 Å². The lowest BCUT2D eigenvalue weighted by molar-refractivity contribution is 0.669. The second kappa shape index (κ2) is 8.32. The van der Waals surface area contributed by atoms with Crippen LogP contribution < -0.4 is 0 Å². The van der Waals surface area contributed by atoms with E-state index in [0.717, 1.165) is 44.3 Å². The quantitative estimate of drug-likeness (QED) is 0.219. The zero-order valence-corrected chi connectivity index (χ0v) is 22.6. The van der Waals surface area contributed by atoms with E-state index in [-0.39, 0.29) is 0 Å². The fourth-order valence-electron chi connectivity index (χ4n) is 6.40. The summed E-state index contributed by atoms with van der Waals surface area (Å²) in [4.78, 5) is 0. The van der Waals surface area contributed by atoms with Crippen LogP contribution in [0.15, 0.2) is 126 Å². The molecule has 3 nitrogen and oxygen atoms in total. The third kappa shape index (κ3) is 3.12. The first-order valence-electron chi connectivity index (χ1n) is 13.6. The fourth-order valence-corrected chi connectivity index (χ4v) is 7.65. The summed E-state index contributed by atoms with van der Waals surface area (Å²) in [5.41, 5.74) is 7.83. The molecule has 3 heterocycles. The molecule has 41 heavy (non-hydrogen) atoms. The van der Waals surface area contributed by atoms with Gasteiger partial charge in [-0.3, -0.25) is 0 Å². The molecule has 0 bridgehead atoms. The van der Waals surface area contributed by atoms with Crippen molar-refractivity contribution in [2.24, 2.45) is 0 Å². The molecule has 0 radical (unpaired) electrons. The molecule has 3 aromatic heterocycles. The Kier molecular flexibility index (Phi) is 4.55. The van der Waals surface area contributed by atoms with Crippen molar-refractivity contribution in [2.45, 2.75) is 0 Å². The van der Waals surface area contributed by atoms with Crippen LogP contribution in [-0.4, -0.2) is 4.57 Å². The summed E-state index contributed by atoms with van der Waals surface area (Å²) in [5, 5.41) is 17.1. The second-order valence-corrected chi connectivity index (χ2v) is 11.5. The van der Waals surface area contributed by atoms with Gasteiger partial charge in [0.15, 0.2) is 0 Å². The maximum absolute atomic E-state index is 9.98. The molecule has 0 amide bonds. The van der Waals surface area contributed by atoms with Crippen molar-refractivity contribution in [3.63, 3.8) is 0 Å². The van der Waals surface area contributed by atoms with Gasteiger partial charge in [0.25, 0.3) is 0 Å². The van der Waals surface area contributed by atoms with Gasteiger partial charge in [0.1, 0.15) is 11.2 Å². The summed E-state index contributed by atoms with van der Waals surface area (Å²) in [6, 6.07) is 44.7. The highest BCUT2D eigenvalue weighted by molar-refractivity contribution is 7.26. The van der Waals surface area contributed by atoms with Crippen molar-refractivity contribution in [1.29, 1.82) is 5.26 Å². The van der Waals surface area contributed by atoms with Crippen LogP contribution in [-0.2, 0) is 0 Å². The molecule has 0 fully saturated rings. The van der Waals surface area contributed by atoms with Crippen molar-refractivity contribution in [3.8, 4) is 22.9 Å². The standard InChI is InChI=1S/C37H20N2OS/c38-21-22-13-15-24(23-14-18-34-30(20-23)26-8-2-5-11-33(26)40-34)32(19-22)39-31-10-4-1-7-25(31)28-16-17-29-27-9-3-6-12-35(27)41-37(29)36(28)39/h1-20H. The van der Waals surface area contributed by atoms with Gasteiger partial charge in [-0.2, -0.15) is 5.26 Å². The van der Waals surface area contributed by atoms with Gasteiger partial charge >= 0.3 is 0 Å². The first-order chi connectivity index (χ1) is 20.3. The van der Waals surface area contributed by atoms with E-state index in [0.29, 0.717) is 5.56 Å². The van der Waals surface area contributed by atoms with E-state index < -0.39 is 0 Å². The van der Waals surface area contributed by atoms with E-state index >= 15 is 0 Å². The van der Waals surface area contributed by atoms with Gasteiger partial charge in [-0.05, 0) is 48.0 Å². The van der Waals surface area contributed by atoms with Crippen molar-refractivity contribution in [1.82, 2.24) is 4.57 Å². The lowest BCUT2D eigenvalue weighted by Crippen LogP contribution is -1.98. The molecular weight excluding hydrogens is 520 g/mol. The minimum absolute atomic E-state index is 0.632. The highest BCUT2D eigenvalue weighted by Crippen LogP contribution is 2.44. The Bertz CT molecular complexity index is 2560. The van der Waals surface area contributed by atoms with Crippen LogP contribution in [0.5, 0.6) is 0 Å².